The van der Waals surface area contributed by atoms with Crippen LogP contribution in [0.1, 0.15) is 6.92 Å². The van der Waals surface area contributed by atoms with Gasteiger partial charge in [-0.25, -0.2) is 0 Å². The van der Waals surface area contributed by atoms with Gasteiger partial charge in [0.05, 0.1) is 19.6 Å². The summed E-state index contributed by atoms with van der Waals surface area (Å²) in [5.74, 6) is 2.87. The fourth-order valence-electron chi connectivity index (χ4n) is 3.23. The molecule has 2 aliphatic heterocycles. The molecule has 2 atom stereocenters. The van der Waals surface area contributed by atoms with E-state index in [1.165, 1.54) is 7.11 Å². The van der Waals surface area contributed by atoms with Gasteiger partial charge in [0.25, 0.3) is 0 Å². The summed E-state index contributed by atoms with van der Waals surface area (Å²) in [6.07, 6.45) is 0. The summed E-state index contributed by atoms with van der Waals surface area (Å²) in [6, 6.07) is 5.51. The summed E-state index contributed by atoms with van der Waals surface area (Å²) in [7, 11) is 3.16. The van der Waals surface area contributed by atoms with Crippen LogP contribution < -0.4 is 19.5 Å². The highest BCUT2D eigenvalue weighted by atomic mass is 16.7. The summed E-state index contributed by atoms with van der Waals surface area (Å²) < 4.78 is 21.2. The standard InChI is InChI=1S/C18H25N3O5/c1-12-9-21(10-14(12)17(22)23-3)18(19-2)20-6-7-24-13-4-5-15-16(8-13)26-11-25-15/h4-5,8,12,14H,6-7,9-11H2,1-3H3,(H,19,20). The Morgan fingerprint density at radius 2 is 2.15 bits per heavy atom. The number of benzene rings is 1. The Morgan fingerprint density at radius 3 is 2.92 bits per heavy atom. The van der Waals surface area contributed by atoms with Crippen molar-refractivity contribution in [2.45, 2.75) is 6.92 Å². The van der Waals surface area contributed by atoms with E-state index in [9.17, 15) is 4.79 Å². The van der Waals surface area contributed by atoms with Crippen LogP contribution >= 0.6 is 0 Å². The number of rotatable bonds is 5. The maximum atomic E-state index is 11.8. The first-order chi connectivity index (χ1) is 12.6. The zero-order valence-electron chi connectivity index (χ0n) is 15.4. The minimum absolute atomic E-state index is 0.122. The first kappa shape index (κ1) is 18.2. The molecule has 1 fully saturated rings. The highest BCUT2D eigenvalue weighted by molar-refractivity contribution is 5.82. The topological polar surface area (TPSA) is 81.6 Å². The van der Waals surface area contributed by atoms with E-state index in [0.29, 0.717) is 25.4 Å². The van der Waals surface area contributed by atoms with E-state index >= 15 is 0 Å². The third kappa shape index (κ3) is 3.95. The quantitative estimate of drug-likeness (QED) is 0.363. The smallest absolute Gasteiger partial charge is 0.310 e. The van der Waals surface area contributed by atoms with Gasteiger partial charge in [0.1, 0.15) is 12.4 Å². The van der Waals surface area contributed by atoms with Crippen molar-refractivity contribution in [3.63, 3.8) is 0 Å². The number of carbonyl (C=O) groups excluding carboxylic acids is 1. The maximum absolute atomic E-state index is 11.8. The van der Waals surface area contributed by atoms with Crippen molar-refractivity contribution >= 4 is 11.9 Å². The molecule has 8 nitrogen and oxygen atoms in total. The number of hydrogen-bond donors (Lipinski definition) is 1. The van der Waals surface area contributed by atoms with Crippen LogP contribution in [0.25, 0.3) is 0 Å². The van der Waals surface area contributed by atoms with Gasteiger partial charge < -0.3 is 29.2 Å². The Hall–Kier alpha value is -2.64. The van der Waals surface area contributed by atoms with Gasteiger partial charge >= 0.3 is 5.97 Å². The fraction of sp³-hybridized carbons (Fsp3) is 0.556. The van der Waals surface area contributed by atoms with E-state index in [4.69, 9.17) is 18.9 Å². The molecule has 2 unspecified atom stereocenters. The lowest BCUT2D eigenvalue weighted by molar-refractivity contribution is -0.145. The van der Waals surface area contributed by atoms with Gasteiger partial charge in [0.15, 0.2) is 17.5 Å². The molecule has 142 valence electrons. The van der Waals surface area contributed by atoms with Gasteiger partial charge in [0, 0.05) is 26.2 Å². The predicted molar refractivity (Wildman–Crippen MR) is 95.7 cm³/mol. The van der Waals surface area contributed by atoms with Crippen LogP contribution in [0.4, 0.5) is 0 Å². The van der Waals surface area contributed by atoms with E-state index in [2.05, 4.69) is 22.1 Å². The third-order valence-electron chi connectivity index (χ3n) is 4.63. The van der Waals surface area contributed by atoms with Crippen LogP contribution in [0.3, 0.4) is 0 Å². The van der Waals surface area contributed by atoms with Crippen molar-refractivity contribution in [2.75, 3.05) is 47.2 Å². The lowest BCUT2D eigenvalue weighted by atomic mass is 9.99. The Balaban J connectivity index is 1.45. The third-order valence-corrected chi connectivity index (χ3v) is 4.63. The number of guanidine groups is 1. The molecule has 26 heavy (non-hydrogen) atoms. The number of methoxy groups -OCH3 is 1. The minimum Gasteiger partial charge on any atom is -0.492 e. The number of likely N-dealkylation sites (tertiary alicyclic amines) is 1. The van der Waals surface area contributed by atoms with E-state index in [1.54, 1.807) is 7.05 Å². The van der Waals surface area contributed by atoms with Crippen LogP contribution in [0, 0.1) is 11.8 Å². The van der Waals surface area contributed by atoms with Crippen molar-refractivity contribution < 1.29 is 23.7 Å². The number of hydrogen-bond acceptors (Lipinski definition) is 6. The first-order valence-electron chi connectivity index (χ1n) is 8.68. The van der Waals surface area contributed by atoms with Crippen LogP contribution in [-0.2, 0) is 9.53 Å². The van der Waals surface area contributed by atoms with Gasteiger partial charge in [-0.1, -0.05) is 6.92 Å². The van der Waals surface area contributed by atoms with Crippen LogP contribution in [-0.4, -0.2) is 64.0 Å². The molecule has 0 aromatic heterocycles. The van der Waals surface area contributed by atoms with Crippen molar-refractivity contribution in [1.29, 1.82) is 0 Å². The zero-order valence-corrected chi connectivity index (χ0v) is 15.4. The summed E-state index contributed by atoms with van der Waals surface area (Å²) in [4.78, 5) is 18.2. The second-order valence-electron chi connectivity index (χ2n) is 6.35. The molecule has 0 spiro atoms. The van der Waals surface area contributed by atoms with Gasteiger partial charge in [-0.3, -0.25) is 9.79 Å². The van der Waals surface area contributed by atoms with E-state index in [-0.39, 0.29) is 24.6 Å². The normalized spacial score (nSPS) is 21.7. The molecule has 2 aliphatic rings. The molecule has 1 N–H and O–H groups in total. The van der Waals surface area contributed by atoms with Crippen LogP contribution in [0.5, 0.6) is 17.2 Å². The number of nitrogens with zero attached hydrogens (tertiary/aromatic N) is 2. The van der Waals surface area contributed by atoms with Gasteiger partial charge in [-0.05, 0) is 18.1 Å². The molecule has 1 saturated heterocycles. The molecular weight excluding hydrogens is 338 g/mol. The van der Waals surface area contributed by atoms with E-state index in [1.807, 2.05) is 18.2 Å². The highest BCUT2D eigenvalue weighted by Crippen LogP contribution is 2.35. The SMILES string of the molecule is CN=C(NCCOc1ccc2c(c1)OCO2)N1CC(C)C(C(=O)OC)C1. The number of aliphatic imine (C=N–C) groups is 1. The molecular formula is C18H25N3O5. The minimum atomic E-state index is -0.165. The average Bonchev–Trinajstić information content (AvgIpc) is 3.27. The lowest BCUT2D eigenvalue weighted by Crippen LogP contribution is -2.42. The zero-order chi connectivity index (χ0) is 18.5. The van der Waals surface area contributed by atoms with E-state index < -0.39 is 0 Å². The molecule has 0 radical (unpaired) electrons. The molecule has 8 heteroatoms. The Kier molecular flexibility index (Phi) is 5.70. The van der Waals surface area contributed by atoms with Crippen molar-refractivity contribution in [1.82, 2.24) is 10.2 Å². The second-order valence-corrected chi connectivity index (χ2v) is 6.35. The molecule has 2 heterocycles. The van der Waals surface area contributed by atoms with Crippen LogP contribution in [0.15, 0.2) is 23.2 Å². The fourth-order valence-corrected chi connectivity index (χ4v) is 3.23. The number of esters is 1. The van der Waals surface area contributed by atoms with Gasteiger partial charge in [-0.15, -0.1) is 0 Å². The molecule has 1 aromatic rings. The largest absolute Gasteiger partial charge is 0.492 e. The Morgan fingerprint density at radius 1 is 1.35 bits per heavy atom. The van der Waals surface area contributed by atoms with E-state index in [0.717, 1.165) is 24.0 Å². The molecule has 3 rings (SSSR count). The first-order valence-corrected chi connectivity index (χ1v) is 8.68. The average molecular weight is 363 g/mol. The van der Waals surface area contributed by atoms with Crippen molar-refractivity contribution in [3.05, 3.63) is 18.2 Å². The number of ether oxygens (including phenoxy) is 4. The number of nitrogens with one attached hydrogen (secondary N) is 1. The predicted octanol–water partition coefficient (Wildman–Crippen LogP) is 1.11. The molecule has 0 amide bonds. The summed E-state index contributed by atoms with van der Waals surface area (Å²) in [5.41, 5.74) is 0. The number of fused-ring (bicyclic) bond motifs is 1. The maximum Gasteiger partial charge on any atom is 0.310 e. The highest BCUT2D eigenvalue weighted by Gasteiger charge is 2.36. The number of carbonyl (C=O) groups is 1. The molecule has 0 aliphatic carbocycles. The van der Waals surface area contributed by atoms with Gasteiger partial charge in [-0.2, -0.15) is 0 Å². The van der Waals surface area contributed by atoms with Crippen LogP contribution in [0.2, 0.25) is 0 Å². The molecule has 1 aromatic carbocycles. The Bertz CT molecular complexity index is 679. The molecule has 0 bridgehead atoms. The van der Waals surface area contributed by atoms with Gasteiger partial charge in [0.2, 0.25) is 6.79 Å². The summed E-state index contributed by atoms with van der Waals surface area (Å²) >= 11 is 0. The van der Waals surface area contributed by atoms with Crippen molar-refractivity contribution in [2.24, 2.45) is 16.8 Å². The lowest BCUT2D eigenvalue weighted by Gasteiger charge is -2.21. The Labute approximate surface area is 153 Å². The summed E-state index contributed by atoms with van der Waals surface area (Å²) in [5, 5.41) is 3.27. The second kappa shape index (κ2) is 8.16. The molecule has 0 saturated carbocycles. The monoisotopic (exact) mass is 363 g/mol. The summed E-state index contributed by atoms with van der Waals surface area (Å²) in [6.45, 7) is 4.74. The van der Waals surface area contributed by atoms with Crippen molar-refractivity contribution in [3.8, 4) is 17.2 Å².